The minimum Gasteiger partial charge on any atom is -0.298 e. The molecule has 6 aromatic rings. The van der Waals surface area contributed by atoms with Crippen molar-refractivity contribution < 1.29 is 58.3 Å². The molecule has 0 saturated carbocycles. The first-order valence-corrected chi connectivity index (χ1v) is 18.6. The second-order valence-corrected chi connectivity index (χ2v) is 14.3. The molecular formula is C41H21F10N5O3S2. The zero-order valence-corrected chi connectivity index (χ0v) is 31.8. The van der Waals surface area contributed by atoms with Gasteiger partial charge in [-0.05, 0) is 71.7 Å². The van der Waals surface area contributed by atoms with Crippen LogP contribution in [-0.4, -0.2) is 39.8 Å². The molecule has 2 N–H and O–H groups in total. The van der Waals surface area contributed by atoms with E-state index in [2.05, 4.69) is 25.6 Å². The van der Waals surface area contributed by atoms with Crippen LogP contribution in [0.3, 0.4) is 0 Å². The van der Waals surface area contributed by atoms with Crippen LogP contribution in [0.4, 0.5) is 54.2 Å². The van der Waals surface area contributed by atoms with E-state index in [9.17, 15) is 58.3 Å². The Kier molecular flexibility index (Phi) is 12.7. The molecule has 1 aliphatic rings. The number of carbonyl (C=O) groups is 3. The molecule has 0 fully saturated rings. The Labute approximate surface area is 345 Å². The third-order valence-electron chi connectivity index (χ3n) is 8.21. The van der Waals surface area contributed by atoms with E-state index in [0.29, 0.717) is 28.5 Å². The van der Waals surface area contributed by atoms with Crippen LogP contribution in [0.1, 0.15) is 48.0 Å². The molecule has 20 heteroatoms. The Morgan fingerprint density at radius 2 is 1.08 bits per heavy atom. The Hall–Kier alpha value is -6.98. The van der Waals surface area contributed by atoms with Gasteiger partial charge in [0, 0.05) is 0 Å². The molecule has 2 amide bonds. The molecule has 0 aliphatic carbocycles. The van der Waals surface area contributed by atoms with Crippen LogP contribution in [0.5, 0.6) is 0 Å². The van der Waals surface area contributed by atoms with Crippen molar-refractivity contribution in [1.82, 2.24) is 9.97 Å². The van der Waals surface area contributed by atoms with Crippen LogP contribution < -0.4 is 10.6 Å². The molecule has 0 bridgehead atoms. The molecule has 0 spiro atoms. The topological polar surface area (TPSA) is 113 Å². The van der Waals surface area contributed by atoms with Crippen molar-refractivity contribution in [3.63, 3.8) is 0 Å². The van der Waals surface area contributed by atoms with Crippen molar-refractivity contribution in [3.8, 4) is 33.2 Å². The second kappa shape index (κ2) is 17.7. The number of anilines is 2. The zero-order valence-electron chi connectivity index (χ0n) is 30.2. The maximum Gasteiger partial charge on any atom is 0.416 e. The number of allylic oxidation sites excluding steroid dienone is 1. The highest BCUT2D eigenvalue weighted by Crippen LogP contribution is 2.39. The number of halogens is 10. The van der Waals surface area contributed by atoms with E-state index in [1.165, 1.54) is 18.2 Å². The number of aromatic nitrogens is 2. The first kappa shape index (κ1) is 43.6. The van der Waals surface area contributed by atoms with Crippen molar-refractivity contribution >= 4 is 56.2 Å². The molecule has 4 aromatic carbocycles. The van der Waals surface area contributed by atoms with Crippen molar-refractivity contribution in [3.05, 3.63) is 154 Å². The quantitative estimate of drug-likeness (QED) is 0.0684. The summed E-state index contributed by atoms with van der Waals surface area (Å²) in [7, 11) is 0. The summed E-state index contributed by atoms with van der Waals surface area (Å²) < 4.78 is 134. The maximum absolute atomic E-state index is 13.9. The summed E-state index contributed by atoms with van der Waals surface area (Å²) in [6.07, 6.45) is -0.667. The number of hydrogen-bond donors (Lipinski definition) is 2. The highest BCUT2D eigenvalue weighted by Gasteiger charge is 2.33. The largest absolute Gasteiger partial charge is 0.416 e. The Balaban J connectivity index is 0.000000204. The molecule has 2 aromatic heterocycles. The molecule has 0 saturated heterocycles. The minimum absolute atomic E-state index is 0.0153. The molecular weight excluding hydrogens is 865 g/mol. The van der Waals surface area contributed by atoms with Gasteiger partial charge in [-0.3, -0.25) is 30.0 Å². The molecule has 61 heavy (non-hydrogen) atoms. The van der Waals surface area contributed by atoms with Gasteiger partial charge in [0.05, 0.1) is 33.1 Å². The van der Waals surface area contributed by atoms with Gasteiger partial charge in [0.2, 0.25) is 0 Å². The maximum atomic E-state index is 13.9. The average molecular weight is 886 g/mol. The summed E-state index contributed by atoms with van der Waals surface area (Å²) in [5.74, 6) is -5.71. The van der Waals surface area contributed by atoms with Crippen molar-refractivity contribution in [2.75, 3.05) is 17.2 Å². The number of carbonyl (C=O) groups excluding carboxylic acids is 3. The number of hydrogen-bond acceptors (Lipinski definition) is 8. The number of rotatable bonds is 8. The summed E-state index contributed by atoms with van der Waals surface area (Å²) >= 11 is 1.52. The lowest BCUT2D eigenvalue weighted by Crippen LogP contribution is -2.15. The Bertz CT molecular complexity index is 2760. The third kappa shape index (κ3) is 9.91. The number of amides is 2. The Morgan fingerprint density at radius 1 is 0.639 bits per heavy atom. The standard InChI is InChI=1S/C21H12F5N3OS.C20H9F5N2O2S/c22-13-6-2-7-14(23)16(13)19(30)29-20-28-17(15-8-3-9-27-15)18(31-20)11-4-1-5-12(10-11)21(24,25)26;1-2-14(28)16-17(10-5-3-6-11(9-10)20(23,24)25)30-19(26-16)27-18(29)15-12(21)7-4-8-13(15)22/h1-8,10H,9H2,(H,28,29,30);1,3-9H,(H,26,27,29). The zero-order chi connectivity index (χ0) is 44.2. The molecule has 310 valence electrons. The van der Waals surface area contributed by atoms with E-state index in [1.54, 1.807) is 18.1 Å². The smallest absolute Gasteiger partial charge is 0.298 e. The fraction of sp³-hybridized carbons (Fsp3) is 0.0732. The fourth-order valence-electron chi connectivity index (χ4n) is 5.48. The number of terminal acetylenes is 1. The lowest BCUT2D eigenvalue weighted by Gasteiger charge is -2.08. The summed E-state index contributed by atoms with van der Waals surface area (Å²) in [4.78, 5) is 49.3. The van der Waals surface area contributed by atoms with Crippen LogP contribution in [0.25, 0.3) is 20.9 Å². The van der Waals surface area contributed by atoms with Crippen LogP contribution in [0.2, 0.25) is 0 Å². The number of nitrogens with zero attached hydrogens (tertiary/aromatic N) is 3. The van der Waals surface area contributed by atoms with E-state index in [0.717, 1.165) is 78.1 Å². The van der Waals surface area contributed by atoms with Gasteiger partial charge < -0.3 is 0 Å². The summed E-state index contributed by atoms with van der Waals surface area (Å²) in [6.45, 7) is 0.386. The van der Waals surface area contributed by atoms with Crippen molar-refractivity contribution in [2.24, 2.45) is 4.99 Å². The fourth-order valence-corrected chi connectivity index (χ4v) is 7.40. The second-order valence-electron chi connectivity index (χ2n) is 12.3. The first-order chi connectivity index (χ1) is 28.8. The Morgan fingerprint density at radius 3 is 1.52 bits per heavy atom. The average Bonchev–Trinajstić information content (AvgIpc) is 3.98. The molecule has 3 heterocycles. The van der Waals surface area contributed by atoms with E-state index < -0.39 is 75.5 Å². The van der Waals surface area contributed by atoms with Gasteiger partial charge in [-0.25, -0.2) is 27.5 Å². The van der Waals surface area contributed by atoms with Crippen LogP contribution in [0, 0.1) is 35.6 Å². The number of benzene rings is 4. The minimum atomic E-state index is -4.63. The summed E-state index contributed by atoms with van der Waals surface area (Å²) in [5, 5.41) is 4.17. The molecule has 0 atom stereocenters. The summed E-state index contributed by atoms with van der Waals surface area (Å²) in [5.41, 5.74) is -2.92. The number of Topliss-reactive ketones (excluding diaryl/α,β-unsaturated/α-hetero) is 1. The van der Waals surface area contributed by atoms with Gasteiger partial charge in [0.15, 0.2) is 10.3 Å². The van der Waals surface area contributed by atoms with Gasteiger partial charge in [0.1, 0.15) is 45.8 Å². The molecule has 0 unspecified atom stereocenters. The number of alkyl halides is 6. The number of ketones is 1. The predicted octanol–water partition coefficient (Wildman–Crippen LogP) is 10.9. The van der Waals surface area contributed by atoms with E-state index in [4.69, 9.17) is 6.42 Å². The molecule has 0 radical (unpaired) electrons. The highest BCUT2D eigenvalue weighted by atomic mass is 32.1. The normalized spacial score (nSPS) is 12.2. The van der Waals surface area contributed by atoms with Crippen molar-refractivity contribution in [2.45, 2.75) is 12.4 Å². The molecule has 1 aliphatic heterocycles. The summed E-state index contributed by atoms with van der Waals surface area (Å²) in [6, 6.07) is 14.6. The molecule has 7 rings (SSSR count). The van der Waals surface area contributed by atoms with Gasteiger partial charge in [-0.2, -0.15) is 26.3 Å². The first-order valence-electron chi connectivity index (χ1n) is 17.0. The molecule has 8 nitrogen and oxygen atoms in total. The number of nitrogens with one attached hydrogen (secondary N) is 2. The van der Waals surface area contributed by atoms with E-state index in [1.807, 2.05) is 0 Å². The number of thiazole rings is 2. The van der Waals surface area contributed by atoms with Crippen LogP contribution in [0.15, 0.2) is 102 Å². The number of aliphatic imine (C=N–C) groups is 1. The lowest BCUT2D eigenvalue weighted by atomic mass is 10.1. The van der Waals surface area contributed by atoms with E-state index >= 15 is 0 Å². The monoisotopic (exact) mass is 885 g/mol. The SMILES string of the molecule is C#CC(=O)c1nc(NC(=O)c2c(F)cccc2F)sc1-c1cccc(C(F)(F)F)c1.O=C(Nc1nc(C2=NCC=C2)c(-c2cccc(C(F)(F)F)c2)s1)c1c(F)cccc1F. The predicted molar refractivity (Wildman–Crippen MR) is 207 cm³/mol. The van der Waals surface area contributed by atoms with Gasteiger partial charge in [0.25, 0.3) is 17.6 Å². The third-order valence-corrected chi connectivity index (χ3v) is 10.3. The highest BCUT2D eigenvalue weighted by molar-refractivity contribution is 7.19. The van der Waals surface area contributed by atoms with Crippen LogP contribution >= 0.6 is 22.7 Å². The van der Waals surface area contributed by atoms with E-state index in [-0.39, 0.29) is 37.7 Å². The lowest BCUT2D eigenvalue weighted by molar-refractivity contribution is -0.138. The van der Waals surface area contributed by atoms with Gasteiger partial charge in [-0.15, -0.1) is 6.42 Å². The van der Waals surface area contributed by atoms with Crippen molar-refractivity contribution in [1.29, 1.82) is 0 Å². The van der Waals surface area contributed by atoms with Gasteiger partial charge >= 0.3 is 12.4 Å². The van der Waals surface area contributed by atoms with Crippen LogP contribution in [-0.2, 0) is 12.4 Å². The van der Waals surface area contributed by atoms with Gasteiger partial charge in [-0.1, -0.05) is 65.1 Å².